The average molecular weight is 526 g/mol. The molecule has 0 radical (unpaired) electrons. The molecule has 0 spiro atoms. The van der Waals surface area contributed by atoms with Crippen LogP contribution in [0.2, 0.25) is 5.02 Å². The molecule has 1 atom stereocenters. The van der Waals surface area contributed by atoms with E-state index in [9.17, 15) is 22.4 Å². The summed E-state index contributed by atoms with van der Waals surface area (Å²) in [4.78, 5) is 27.4. The Morgan fingerprint density at radius 3 is 2.26 bits per heavy atom. The maximum Gasteiger partial charge on any atom is 0.242 e. The topological polar surface area (TPSA) is 86.8 Å². The molecule has 1 unspecified atom stereocenters. The average Bonchev–Trinajstić information content (AvgIpc) is 2.79. The van der Waals surface area contributed by atoms with E-state index in [0.29, 0.717) is 11.6 Å². The van der Waals surface area contributed by atoms with Crippen LogP contribution in [0.5, 0.6) is 0 Å². The van der Waals surface area contributed by atoms with Crippen molar-refractivity contribution in [3.05, 3.63) is 64.9 Å². The molecule has 0 fully saturated rings. The number of benzene rings is 2. The molecule has 0 aliphatic carbocycles. The summed E-state index contributed by atoms with van der Waals surface area (Å²) in [6.07, 6.45) is 1.13. The molecule has 2 rings (SSSR count). The van der Waals surface area contributed by atoms with Gasteiger partial charge in [0, 0.05) is 31.1 Å². The van der Waals surface area contributed by atoms with Gasteiger partial charge in [-0.05, 0) is 49.1 Å². The number of halogens is 2. The molecule has 0 aromatic heterocycles. The fourth-order valence-electron chi connectivity index (χ4n) is 3.46. The first-order chi connectivity index (χ1) is 16.4. The van der Waals surface area contributed by atoms with Crippen molar-refractivity contribution in [3.8, 4) is 0 Å². The molecule has 0 saturated carbocycles. The Morgan fingerprint density at radius 2 is 1.69 bits per heavy atom. The summed E-state index contributed by atoms with van der Waals surface area (Å²) in [7, 11) is -3.76. The molecule has 2 amide bonds. The van der Waals surface area contributed by atoms with Crippen LogP contribution in [0, 0.1) is 11.7 Å². The fourth-order valence-corrected chi connectivity index (χ4v) is 4.55. The highest BCUT2D eigenvalue weighted by Gasteiger charge is 2.27. The number of sulfonamides is 1. The molecule has 0 saturated heterocycles. The molecule has 2 aromatic carbocycles. The van der Waals surface area contributed by atoms with Gasteiger partial charge < -0.3 is 10.2 Å². The van der Waals surface area contributed by atoms with Crippen LogP contribution in [-0.2, 0) is 26.2 Å². The molecule has 0 bridgehead atoms. The molecular weight excluding hydrogens is 493 g/mol. The number of nitrogens with zero attached hydrogens (tertiary/aromatic N) is 2. The molecular formula is C25H33ClFN3O4S. The molecule has 1 N–H and O–H groups in total. The number of carbonyl (C=O) groups is 2. The minimum atomic E-state index is -3.76. The lowest BCUT2D eigenvalue weighted by molar-refractivity contribution is -0.140. The molecule has 0 aliphatic rings. The van der Waals surface area contributed by atoms with Gasteiger partial charge in [-0.3, -0.25) is 13.9 Å². The van der Waals surface area contributed by atoms with Gasteiger partial charge in [0.05, 0.1) is 11.9 Å². The first-order valence-corrected chi connectivity index (χ1v) is 13.7. The molecule has 0 aliphatic heterocycles. The third kappa shape index (κ3) is 8.81. The highest BCUT2D eigenvalue weighted by molar-refractivity contribution is 7.92. The van der Waals surface area contributed by atoms with Crippen molar-refractivity contribution in [2.75, 3.05) is 23.7 Å². The second-order valence-electron chi connectivity index (χ2n) is 8.85. The van der Waals surface area contributed by atoms with Gasteiger partial charge in [0.1, 0.15) is 11.9 Å². The summed E-state index contributed by atoms with van der Waals surface area (Å²) in [5.74, 6) is -0.991. The van der Waals surface area contributed by atoms with Crippen molar-refractivity contribution < 1.29 is 22.4 Å². The van der Waals surface area contributed by atoms with Crippen LogP contribution in [0.25, 0.3) is 0 Å². The predicted octanol–water partition coefficient (Wildman–Crippen LogP) is 4.21. The number of hydrogen-bond donors (Lipinski definition) is 1. The Kier molecular flexibility index (Phi) is 10.5. The van der Waals surface area contributed by atoms with Gasteiger partial charge in [-0.1, -0.05) is 49.7 Å². The van der Waals surface area contributed by atoms with Gasteiger partial charge in [0.15, 0.2) is 0 Å². The smallest absolute Gasteiger partial charge is 0.242 e. The zero-order valence-electron chi connectivity index (χ0n) is 20.5. The summed E-state index contributed by atoms with van der Waals surface area (Å²) in [5, 5.41) is 3.41. The molecule has 35 heavy (non-hydrogen) atoms. The van der Waals surface area contributed by atoms with E-state index in [-0.39, 0.29) is 49.4 Å². The summed E-state index contributed by atoms with van der Waals surface area (Å²) < 4.78 is 39.8. The van der Waals surface area contributed by atoms with Gasteiger partial charge in [-0.25, -0.2) is 12.8 Å². The number of rotatable bonds is 12. The zero-order valence-corrected chi connectivity index (χ0v) is 22.1. The standard InChI is InChI=1S/C25H33ClFN3O4S/c1-18(2)16-28-25(32)19(3)29(17-20-11-13-21(26)14-12-20)24(31)10-7-15-30(35(4,33)34)23-9-6-5-8-22(23)27/h5-6,8-9,11-14,18-19H,7,10,15-17H2,1-4H3,(H,28,32). The quantitative estimate of drug-likeness (QED) is 0.449. The molecule has 10 heteroatoms. The fraction of sp³-hybridized carbons (Fsp3) is 0.440. The minimum Gasteiger partial charge on any atom is -0.354 e. The van der Waals surface area contributed by atoms with E-state index >= 15 is 0 Å². The van der Waals surface area contributed by atoms with Crippen LogP contribution in [0.1, 0.15) is 39.2 Å². The van der Waals surface area contributed by atoms with Crippen LogP contribution < -0.4 is 9.62 Å². The largest absolute Gasteiger partial charge is 0.354 e. The van der Waals surface area contributed by atoms with E-state index in [4.69, 9.17) is 11.6 Å². The molecule has 2 aromatic rings. The SMILES string of the molecule is CC(C)CNC(=O)C(C)N(Cc1ccc(Cl)cc1)C(=O)CCCN(c1ccccc1F)S(C)(=O)=O. The zero-order chi connectivity index (χ0) is 26.2. The Labute approximate surface area is 212 Å². The summed E-state index contributed by atoms with van der Waals surface area (Å²) in [6.45, 7) is 6.21. The van der Waals surface area contributed by atoms with E-state index in [1.165, 1.54) is 23.1 Å². The van der Waals surface area contributed by atoms with Crippen LogP contribution in [-0.4, -0.2) is 50.5 Å². The van der Waals surface area contributed by atoms with E-state index in [1.54, 1.807) is 37.3 Å². The van der Waals surface area contributed by atoms with Crippen LogP contribution in [0.3, 0.4) is 0 Å². The predicted molar refractivity (Wildman–Crippen MR) is 137 cm³/mol. The van der Waals surface area contributed by atoms with Crippen molar-refractivity contribution in [2.45, 2.75) is 46.2 Å². The minimum absolute atomic E-state index is 0.0180. The maximum atomic E-state index is 14.2. The number of carbonyl (C=O) groups excluding carboxylic acids is 2. The van der Waals surface area contributed by atoms with Crippen molar-refractivity contribution >= 4 is 39.1 Å². The van der Waals surface area contributed by atoms with Crippen LogP contribution >= 0.6 is 11.6 Å². The van der Waals surface area contributed by atoms with Gasteiger partial charge in [-0.15, -0.1) is 0 Å². The Hall–Kier alpha value is -2.65. The van der Waals surface area contributed by atoms with Gasteiger partial charge in [-0.2, -0.15) is 0 Å². The van der Waals surface area contributed by atoms with E-state index in [1.807, 2.05) is 13.8 Å². The molecule has 7 nitrogen and oxygen atoms in total. The lowest BCUT2D eigenvalue weighted by Gasteiger charge is -2.29. The van der Waals surface area contributed by atoms with Crippen LogP contribution in [0.4, 0.5) is 10.1 Å². The van der Waals surface area contributed by atoms with Crippen molar-refractivity contribution in [2.24, 2.45) is 5.92 Å². The van der Waals surface area contributed by atoms with Gasteiger partial charge >= 0.3 is 0 Å². The van der Waals surface area contributed by atoms with Gasteiger partial charge in [0.25, 0.3) is 0 Å². The lowest BCUT2D eigenvalue weighted by Crippen LogP contribution is -2.48. The highest BCUT2D eigenvalue weighted by Crippen LogP contribution is 2.22. The van der Waals surface area contributed by atoms with Crippen molar-refractivity contribution in [3.63, 3.8) is 0 Å². The molecule has 0 heterocycles. The monoisotopic (exact) mass is 525 g/mol. The Morgan fingerprint density at radius 1 is 1.06 bits per heavy atom. The number of hydrogen-bond acceptors (Lipinski definition) is 4. The first-order valence-electron chi connectivity index (χ1n) is 11.4. The Balaban J connectivity index is 2.16. The van der Waals surface area contributed by atoms with E-state index in [2.05, 4.69) is 5.32 Å². The number of amides is 2. The normalized spacial score (nSPS) is 12.3. The van der Waals surface area contributed by atoms with Crippen molar-refractivity contribution in [1.29, 1.82) is 0 Å². The number of anilines is 1. The van der Waals surface area contributed by atoms with E-state index < -0.39 is 21.9 Å². The molecule has 192 valence electrons. The highest BCUT2D eigenvalue weighted by atomic mass is 35.5. The third-order valence-corrected chi connectivity index (χ3v) is 6.82. The maximum absolute atomic E-state index is 14.2. The summed E-state index contributed by atoms with van der Waals surface area (Å²) in [6, 6.07) is 11.8. The first kappa shape index (κ1) is 28.6. The number of para-hydroxylation sites is 1. The van der Waals surface area contributed by atoms with Crippen LogP contribution in [0.15, 0.2) is 48.5 Å². The lowest BCUT2D eigenvalue weighted by atomic mass is 10.1. The summed E-state index contributed by atoms with van der Waals surface area (Å²) >= 11 is 5.97. The summed E-state index contributed by atoms with van der Waals surface area (Å²) in [5.41, 5.74) is 0.734. The van der Waals surface area contributed by atoms with E-state index in [0.717, 1.165) is 16.1 Å². The second-order valence-corrected chi connectivity index (χ2v) is 11.2. The third-order valence-electron chi connectivity index (χ3n) is 5.39. The Bertz CT molecular complexity index is 1110. The van der Waals surface area contributed by atoms with Crippen molar-refractivity contribution in [1.82, 2.24) is 10.2 Å². The second kappa shape index (κ2) is 12.9. The van der Waals surface area contributed by atoms with Gasteiger partial charge in [0.2, 0.25) is 21.8 Å². The number of nitrogens with one attached hydrogen (secondary N) is 1.